The molecular weight excluding hydrogens is 266 g/mol. The molecule has 1 aliphatic heterocycles. The molecule has 1 unspecified atom stereocenters. The fourth-order valence-electron chi connectivity index (χ4n) is 2.03. The van der Waals surface area contributed by atoms with Crippen LogP contribution in [0.5, 0.6) is 5.75 Å². The average Bonchev–Trinajstić information content (AvgIpc) is 2.38. The van der Waals surface area contributed by atoms with E-state index in [1.807, 2.05) is 31.2 Å². The van der Waals surface area contributed by atoms with Crippen LogP contribution in [0, 0.1) is 6.92 Å². The Hall–Kier alpha value is -0.810. The summed E-state index contributed by atoms with van der Waals surface area (Å²) in [6, 6.07) is 7.87. The van der Waals surface area contributed by atoms with E-state index in [1.54, 1.807) is 0 Å². The molecule has 1 aromatic carbocycles. The third-order valence-corrected chi connectivity index (χ3v) is 3.00. The number of nitrogens with zero attached hydrogens (tertiary/aromatic N) is 1. The highest BCUT2D eigenvalue weighted by molar-refractivity contribution is 5.85. The first kappa shape index (κ1) is 16.2. The lowest BCUT2D eigenvalue weighted by Crippen LogP contribution is -2.42. The van der Waals surface area contributed by atoms with E-state index in [9.17, 15) is 5.11 Å². The van der Waals surface area contributed by atoms with Gasteiger partial charge in [-0.2, -0.15) is 0 Å². The molecule has 1 aromatic rings. The van der Waals surface area contributed by atoms with Gasteiger partial charge in [-0.15, -0.1) is 12.4 Å². The molecule has 1 saturated heterocycles. The van der Waals surface area contributed by atoms with Crippen LogP contribution in [-0.4, -0.2) is 55.6 Å². The van der Waals surface area contributed by atoms with Crippen molar-refractivity contribution in [1.29, 1.82) is 0 Å². The summed E-state index contributed by atoms with van der Waals surface area (Å²) in [6.45, 7) is 6.30. The largest absolute Gasteiger partial charge is 0.491 e. The van der Waals surface area contributed by atoms with Gasteiger partial charge >= 0.3 is 0 Å². The summed E-state index contributed by atoms with van der Waals surface area (Å²) in [4.78, 5) is 2.20. The number of benzene rings is 1. The van der Waals surface area contributed by atoms with Crippen molar-refractivity contribution in [3.05, 3.63) is 29.8 Å². The Morgan fingerprint density at radius 1 is 1.37 bits per heavy atom. The molecule has 5 heteroatoms. The van der Waals surface area contributed by atoms with Gasteiger partial charge in [0, 0.05) is 19.6 Å². The standard InChI is InChI=1S/C14H21NO3.ClH/c1-12-3-2-4-14(9-12)18-11-13(16)10-15-5-7-17-8-6-15;/h2-4,9,13,16H,5-8,10-11H2,1H3;1H. The van der Waals surface area contributed by atoms with Crippen LogP contribution in [0.15, 0.2) is 24.3 Å². The van der Waals surface area contributed by atoms with Crippen LogP contribution < -0.4 is 4.74 Å². The fourth-order valence-corrected chi connectivity index (χ4v) is 2.03. The second-order valence-electron chi connectivity index (χ2n) is 4.69. The number of aliphatic hydroxyl groups is 1. The predicted octanol–water partition coefficient (Wildman–Crippen LogP) is 1.49. The first-order valence-corrected chi connectivity index (χ1v) is 6.41. The minimum Gasteiger partial charge on any atom is -0.491 e. The number of halogens is 1. The lowest BCUT2D eigenvalue weighted by atomic mass is 10.2. The van der Waals surface area contributed by atoms with E-state index in [4.69, 9.17) is 9.47 Å². The second kappa shape index (κ2) is 8.38. The van der Waals surface area contributed by atoms with E-state index in [2.05, 4.69) is 4.90 Å². The number of ether oxygens (including phenoxy) is 2. The highest BCUT2D eigenvalue weighted by Crippen LogP contribution is 2.12. The lowest BCUT2D eigenvalue weighted by Gasteiger charge is -2.28. The van der Waals surface area contributed by atoms with Crippen molar-refractivity contribution in [3.63, 3.8) is 0 Å². The molecule has 0 amide bonds. The van der Waals surface area contributed by atoms with Crippen molar-refractivity contribution in [3.8, 4) is 5.75 Å². The SMILES string of the molecule is Cc1cccc(OCC(O)CN2CCOCC2)c1.Cl. The van der Waals surface area contributed by atoms with Gasteiger partial charge in [0.2, 0.25) is 0 Å². The number of aryl methyl sites for hydroxylation is 1. The van der Waals surface area contributed by atoms with E-state index in [0.29, 0.717) is 13.2 Å². The Labute approximate surface area is 120 Å². The molecule has 1 N–H and O–H groups in total. The monoisotopic (exact) mass is 287 g/mol. The fraction of sp³-hybridized carbons (Fsp3) is 0.571. The van der Waals surface area contributed by atoms with E-state index in [0.717, 1.165) is 37.6 Å². The minimum atomic E-state index is -0.455. The Morgan fingerprint density at radius 2 is 2.11 bits per heavy atom. The molecule has 0 saturated carbocycles. The highest BCUT2D eigenvalue weighted by Gasteiger charge is 2.15. The van der Waals surface area contributed by atoms with Gasteiger partial charge in [0.15, 0.2) is 0 Å². The molecule has 1 fully saturated rings. The third-order valence-electron chi connectivity index (χ3n) is 3.00. The van der Waals surface area contributed by atoms with Crippen LogP contribution in [0.2, 0.25) is 0 Å². The molecule has 108 valence electrons. The van der Waals surface area contributed by atoms with Crippen LogP contribution in [0.25, 0.3) is 0 Å². The number of rotatable bonds is 5. The number of β-amino-alcohol motifs (C(OH)–C–C–N with tert-alkyl or cyclic N) is 1. The van der Waals surface area contributed by atoms with Crippen LogP contribution in [0.1, 0.15) is 5.56 Å². The topological polar surface area (TPSA) is 41.9 Å². The van der Waals surface area contributed by atoms with Gasteiger partial charge in [-0.1, -0.05) is 12.1 Å². The van der Waals surface area contributed by atoms with E-state index in [1.165, 1.54) is 0 Å². The molecular formula is C14H22ClNO3. The molecule has 1 heterocycles. The summed E-state index contributed by atoms with van der Waals surface area (Å²) in [5, 5.41) is 9.92. The Kier molecular flexibility index (Phi) is 7.16. The Bertz CT molecular complexity index is 369. The number of morpholine rings is 1. The molecule has 1 atom stereocenters. The van der Waals surface area contributed by atoms with E-state index < -0.39 is 6.10 Å². The summed E-state index contributed by atoms with van der Waals surface area (Å²) in [5.41, 5.74) is 1.16. The van der Waals surface area contributed by atoms with Gasteiger partial charge in [-0.05, 0) is 24.6 Å². The van der Waals surface area contributed by atoms with Crippen molar-refractivity contribution < 1.29 is 14.6 Å². The second-order valence-corrected chi connectivity index (χ2v) is 4.69. The molecule has 4 nitrogen and oxygen atoms in total. The Balaban J connectivity index is 0.00000180. The maximum Gasteiger partial charge on any atom is 0.119 e. The zero-order valence-electron chi connectivity index (χ0n) is 11.2. The lowest BCUT2D eigenvalue weighted by molar-refractivity contribution is 0.00465. The van der Waals surface area contributed by atoms with Gasteiger partial charge in [-0.3, -0.25) is 4.90 Å². The molecule has 19 heavy (non-hydrogen) atoms. The predicted molar refractivity (Wildman–Crippen MR) is 77.2 cm³/mol. The van der Waals surface area contributed by atoms with Crippen molar-refractivity contribution in [2.45, 2.75) is 13.0 Å². The quantitative estimate of drug-likeness (QED) is 0.891. The van der Waals surface area contributed by atoms with Gasteiger partial charge in [0.1, 0.15) is 18.5 Å². The summed E-state index contributed by atoms with van der Waals surface area (Å²) < 4.78 is 10.9. The Morgan fingerprint density at radius 3 is 2.79 bits per heavy atom. The van der Waals surface area contributed by atoms with Gasteiger partial charge in [0.25, 0.3) is 0 Å². The average molecular weight is 288 g/mol. The zero-order chi connectivity index (χ0) is 12.8. The summed E-state index contributed by atoms with van der Waals surface area (Å²) in [7, 11) is 0. The molecule has 0 bridgehead atoms. The number of hydrogen-bond acceptors (Lipinski definition) is 4. The van der Waals surface area contributed by atoms with Crippen molar-refractivity contribution in [2.24, 2.45) is 0 Å². The van der Waals surface area contributed by atoms with Gasteiger partial charge < -0.3 is 14.6 Å². The van der Waals surface area contributed by atoms with Crippen LogP contribution in [0.3, 0.4) is 0 Å². The summed E-state index contributed by atoms with van der Waals surface area (Å²) in [5.74, 6) is 0.816. The molecule has 0 spiro atoms. The highest BCUT2D eigenvalue weighted by atomic mass is 35.5. The van der Waals surface area contributed by atoms with Crippen molar-refractivity contribution >= 4 is 12.4 Å². The zero-order valence-corrected chi connectivity index (χ0v) is 12.1. The molecule has 0 aliphatic carbocycles. The van der Waals surface area contributed by atoms with E-state index in [-0.39, 0.29) is 12.4 Å². The van der Waals surface area contributed by atoms with Crippen molar-refractivity contribution in [2.75, 3.05) is 39.5 Å². The minimum absolute atomic E-state index is 0. The maximum absolute atomic E-state index is 9.92. The molecule has 0 radical (unpaired) electrons. The van der Waals surface area contributed by atoms with Crippen LogP contribution in [0.4, 0.5) is 0 Å². The molecule has 1 aliphatic rings. The van der Waals surface area contributed by atoms with Crippen LogP contribution in [-0.2, 0) is 4.74 Å². The maximum atomic E-state index is 9.92. The van der Waals surface area contributed by atoms with Gasteiger partial charge in [0.05, 0.1) is 13.2 Å². The molecule has 2 rings (SSSR count). The summed E-state index contributed by atoms with van der Waals surface area (Å²) >= 11 is 0. The number of aliphatic hydroxyl groups excluding tert-OH is 1. The number of hydrogen-bond donors (Lipinski definition) is 1. The normalized spacial score (nSPS) is 17.6. The van der Waals surface area contributed by atoms with Crippen LogP contribution >= 0.6 is 12.4 Å². The first-order valence-electron chi connectivity index (χ1n) is 6.41. The smallest absolute Gasteiger partial charge is 0.119 e. The van der Waals surface area contributed by atoms with Gasteiger partial charge in [-0.25, -0.2) is 0 Å². The molecule has 0 aromatic heterocycles. The third kappa shape index (κ3) is 5.78. The van der Waals surface area contributed by atoms with E-state index >= 15 is 0 Å². The summed E-state index contributed by atoms with van der Waals surface area (Å²) in [6.07, 6.45) is -0.455. The van der Waals surface area contributed by atoms with Crippen molar-refractivity contribution in [1.82, 2.24) is 4.90 Å². The first-order chi connectivity index (χ1) is 8.74.